The highest BCUT2D eigenvalue weighted by Crippen LogP contribution is 2.10. The van der Waals surface area contributed by atoms with Crippen molar-refractivity contribution in [3.05, 3.63) is 35.9 Å². The van der Waals surface area contributed by atoms with Gasteiger partial charge >= 0.3 is 0 Å². The first-order valence-electron chi connectivity index (χ1n) is 4.92. The van der Waals surface area contributed by atoms with Crippen LogP contribution in [0.25, 0.3) is 0 Å². The molecule has 1 atom stereocenters. The minimum Gasteiger partial charge on any atom is -0.394 e. The summed E-state index contributed by atoms with van der Waals surface area (Å²) in [6, 6.07) is 9.07. The molecule has 5 nitrogen and oxygen atoms in total. The fourth-order valence-electron chi connectivity index (χ4n) is 1.35. The molecule has 0 spiro atoms. The summed E-state index contributed by atoms with van der Waals surface area (Å²) < 4.78 is 21.4. The van der Waals surface area contributed by atoms with Crippen molar-refractivity contribution in [2.45, 2.75) is 6.04 Å². The van der Waals surface area contributed by atoms with Crippen molar-refractivity contribution in [2.75, 3.05) is 18.9 Å². The van der Waals surface area contributed by atoms with Gasteiger partial charge in [-0.05, 0) is 5.56 Å². The van der Waals surface area contributed by atoms with Crippen LogP contribution in [0.5, 0.6) is 0 Å². The average molecular weight is 244 g/mol. The predicted octanol–water partition coefficient (Wildman–Crippen LogP) is -0.402. The van der Waals surface area contributed by atoms with Crippen molar-refractivity contribution < 1.29 is 13.5 Å². The summed E-state index contributed by atoms with van der Waals surface area (Å²) >= 11 is 0. The van der Waals surface area contributed by atoms with Crippen LogP contribution in [0, 0.1) is 0 Å². The zero-order valence-electron chi connectivity index (χ0n) is 8.83. The number of benzene rings is 1. The normalized spacial score (nSPS) is 13.6. The average Bonchev–Trinajstić information content (AvgIpc) is 2.24. The maximum Gasteiger partial charge on any atom is 0.210 e. The fourth-order valence-corrected chi connectivity index (χ4v) is 1.75. The first-order chi connectivity index (χ1) is 7.53. The molecular formula is C10H16N2O3S. The second kappa shape index (κ2) is 5.95. The van der Waals surface area contributed by atoms with Crippen LogP contribution in [0.1, 0.15) is 11.6 Å². The third-order valence-electron chi connectivity index (χ3n) is 2.16. The Morgan fingerprint density at radius 1 is 1.31 bits per heavy atom. The standard InChI is InChI=1S/C10H16N2O3S/c11-16(14,15)7-6-12-10(8-13)9-4-2-1-3-5-9/h1-5,10,12-13H,6-8H2,(H2,11,14,15). The van der Waals surface area contributed by atoms with Crippen LogP contribution in [0.15, 0.2) is 30.3 Å². The Bertz CT molecular complexity index is 405. The Balaban J connectivity index is 2.51. The van der Waals surface area contributed by atoms with E-state index in [1.54, 1.807) is 0 Å². The van der Waals surface area contributed by atoms with Gasteiger partial charge in [-0.25, -0.2) is 13.6 Å². The van der Waals surface area contributed by atoms with E-state index in [0.29, 0.717) is 0 Å². The van der Waals surface area contributed by atoms with E-state index < -0.39 is 10.0 Å². The summed E-state index contributed by atoms with van der Waals surface area (Å²) in [7, 11) is -3.45. The molecule has 1 unspecified atom stereocenters. The van der Waals surface area contributed by atoms with Crippen molar-refractivity contribution in [1.29, 1.82) is 0 Å². The third-order valence-corrected chi connectivity index (χ3v) is 2.93. The van der Waals surface area contributed by atoms with Crippen molar-refractivity contribution in [1.82, 2.24) is 5.32 Å². The quantitative estimate of drug-likeness (QED) is 0.634. The molecule has 0 heterocycles. The van der Waals surface area contributed by atoms with E-state index in [9.17, 15) is 8.42 Å². The van der Waals surface area contributed by atoms with Crippen molar-refractivity contribution >= 4 is 10.0 Å². The number of rotatable bonds is 6. The molecule has 6 heteroatoms. The van der Waals surface area contributed by atoms with Crippen molar-refractivity contribution in [3.8, 4) is 0 Å². The van der Waals surface area contributed by atoms with Crippen molar-refractivity contribution in [2.24, 2.45) is 5.14 Å². The Kier molecular flexibility index (Phi) is 4.88. The van der Waals surface area contributed by atoms with Gasteiger partial charge in [0.15, 0.2) is 0 Å². The van der Waals surface area contributed by atoms with Gasteiger partial charge in [-0.3, -0.25) is 0 Å². The number of sulfonamides is 1. The lowest BCUT2D eigenvalue weighted by Crippen LogP contribution is -2.31. The van der Waals surface area contributed by atoms with Crippen LogP contribution in [0.2, 0.25) is 0 Å². The Labute approximate surface area is 95.3 Å². The largest absolute Gasteiger partial charge is 0.394 e. The lowest BCUT2D eigenvalue weighted by Gasteiger charge is -2.16. The molecule has 0 aromatic heterocycles. The first kappa shape index (κ1) is 13.1. The molecule has 0 aliphatic carbocycles. The Morgan fingerprint density at radius 2 is 1.94 bits per heavy atom. The summed E-state index contributed by atoms with van der Waals surface area (Å²) in [4.78, 5) is 0. The van der Waals surface area contributed by atoms with Gasteiger partial charge in [0, 0.05) is 6.54 Å². The van der Waals surface area contributed by atoms with E-state index in [2.05, 4.69) is 5.32 Å². The van der Waals surface area contributed by atoms with E-state index in [1.807, 2.05) is 30.3 Å². The number of hydrogen-bond acceptors (Lipinski definition) is 4. The van der Waals surface area contributed by atoms with E-state index in [4.69, 9.17) is 10.2 Å². The maximum atomic E-state index is 10.7. The second-order valence-corrected chi connectivity index (χ2v) is 5.20. The molecule has 16 heavy (non-hydrogen) atoms. The van der Waals surface area contributed by atoms with E-state index in [1.165, 1.54) is 0 Å². The molecule has 4 N–H and O–H groups in total. The molecule has 1 aromatic carbocycles. The summed E-state index contributed by atoms with van der Waals surface area (Å²) in [6.07, 6.45) is 0. The number of aliphatic hydroxyl groups excluding tert-OH is 1. The van der Waals surface area contributed by atoms with E-state index in [0.717, 1.165) is 5.56 Å². The molecule has 0 radical (unpaired) electrons. The number of nitrogens with one attached hydrogen (secondary N) is 1. The zero-order valence-corrected chi connectivity index (χ0v) is 9.65. The lowest BCUT2D eigenvalue weighted by atomic mass is 10.1. The highest BCUT2D eigenvalue weighted by Gasteiger charge is 2.10. The second-order valence-electron chi connectivity index (χ2n) is 3.47. The van der Waals surface area contributed by atoms with E-state index >= 15 is 0 Å². The SMILES string of the molecule is NS(=O)(=O)CCNC(CO)c1ccccc1. The highest BCUT2D eigenvalue weighted by molar-refractivity contribution is 7.89. The van der Waals surface area contributed by atoms with Crippen LogP contribution in [-0.4, -0.2) is 32.4 Å². The topological polar surface area (TPSA) is 92.4 Å². The molecule has 0 saturated carbocycles. The highest BCUT2D eigenvalue weighted by atomic mass is 32.2. The number of hydrogen-bond donors (Lipinski definition) is 3. The molecule has 0 amide bonds. The van der Waals surface area contributed by atoms with Crippen LogP contribution in [0.4, 0.5) is 0 Å². The van der Waals surface area contributed by atoms with Crippen LogP contribution in [0.3, 0.4) is 0 Å². The monoisotopic (exact) mass is 244 g/mol. The lowest BCUT2D eigenvalue weighted by molar-refractivity contribution is 0.246. The summed E-state index contributed by atoms with van der Waals surface area (Å²) in [5.74, 6) is -0.143. The molecule has 0 saturated heterocycles. The first-order valence-corrected chi connectivity index (χ1v) is 6.64. The molecule has 1 rings (SSSR count). The van der Waals surface area contributed by atoms with Gasteiger partial charge < -0.3 is 10.4 Å². The van der Waals surface area contributed by atoms with Crippen LogP contribution in [-0.2, 0) is 10.0 Å². The van der Waals surface area contributed by atoms with Gasteiger partial charge in [0.1, 0.15) is 0 Å². The minimum atomic E-state index is -3.45. The van der Waals surface area contributed by atoms with Crippen LogP contribution < -0.4 is 10.5 Å². The fraction of sp³-hybridized carbons (Fsp3) is 0.400. The van der Waals surface area contributed by atoms with Gasteiger partial charge in [-0.2, -0.15) is 0 Å². The van der Waals surface area contributed by atoms with Gasteiger partial charge in [0.2, 0.25) is 10.0 Å². The van der Waals surface area contributed by atoms with Gasteiger partial charge in [-0.15, -0.1) is 0 Å². The predicted molar refractivity (Wildman–Crippen MR) is 62.2 cm³/mol. The minimum absolute atomic E-state index is 0.0887. The molecule has 1 aromatic rings. The summed E-state index contributed by atoms with van der Waals surface area (Å²) in [5, 5.41) is 17.0. The molecule has 0 aliphatic heterocycles. The number of aliphatic hydroxyl groups is 1. The van der Waals surface area contributed by atoms with Gasteiger partial charge in [-0.1, -0.05) is 30.3 Å². The number of nitrogens with two attached hydrogens (primary N) is 1. The van der Waals surface area contributed by atoms with Gasteiger partial charge in [0.25, 0.3) is 0 Å². The van der Waals surface area contributed by atoms with E-state index in [-0.39, 0.29) is 24.9 Å². The maximum absolute atomic E-state index is 10.7. The number of primary sulfonamides is 1. The summed E-state index contributed by atoms with van der Waals surface area (Å²) in [6.45, 7) is 0.133. The van der Waals surface area contributed by atoms with Gasteiger partial charge in [0.05, 0.1) is 18.4 Å². The van der Waals surface area contributed by atoms with Crippen LogP contribution >= 0.6 is 0 Å². The molecule has 0 fully saturated rings. The van der Waals surface area contributed by atoms with Crippen molar-refractivity contribution in [3.63, 3.8) is 0 Å². The smallest absolute Gasteiger partial charge is 0.210 e. The Morgan fingerprint density at radius 3 is 2.44 bits per heavy atom. The molecule has 0 aliphatic rings. The zero-order chi connectivity index (χ0) is 12.0. The molecule has 0 bridgehead atoms. The molecular weight excluding hydrogens is 228 g/mol. The summed E-state index contributed by atoms with van der Waals surface area (Å²) in [5.41, 5.74) is 0.916. The Hall–Kier alpha value is -0.950. The third kappa shape index (κ3) is 4.71. The molecule has 90 valence electrons.